The van der Waals surface area contributed by atoms with Gasteiger partial charge >= 0.3 is 6.09 Å². The minimum atomic E-state index is -1.87. The van der Waals surface area contributed by atoms with Gasteiger partial charge in [-0.15, -0.1) is 0 Å². The van der Waals surface area contributed by atoms with Crippen LogP contribution >= 0.6 is 11.8 Å². The number of carbonyl (C=O) groups excluding carboxylic acids is 3. The van der Waals surface area contributed by atoms with Crippen LogP contribution in [0.1, 0.15) is 19.4 Å². The molecule has 3 heterocycles. The maximum atomic E-state index is 14.2. The third-order valence-electron chi connectivity index (χ3n) is 4.82. The topological polar surface area (TPSA) is 97.3 Å². The maximum Gasteiger partial charge on any atom is 0.417 e. The van der Waals surface area contributed by atoms with Crippen molar-refractivity contribution in [2.24, 2.45) is 4.99 Å². The molecule has 1 fully saturated rings. The molecule has 10 heteroatoms. The molecule has 142 valence electrons. The second-order valence-electron chi connectivity index (χ2n) is 7.00. The Bertz CT molecular complexity index is 918. The van der Waals surface area contributed by atoms with Crippen molar-refractivity contribution in [3.8, 4) is 0 Å². The fourth-order valence-corrected chi connectivity index (χ4v) is 3.95. The van der Waals surface area contributed by atoms with Gasteiger partial charge in [0.25, 0.3) is 11.8 Å². The number of rotatable bonds is 1. The van der Waals surface area contributed by atoms with Crippen molar-refractivity contribution in [2.45, 2.75) is 31.0 Å². The van der Waals surface area contributed by atoms with E-state index in [0.717, 1.165) is 16.7 Å². The highest BCUT2D eigenvalue weighted by Gasteiger charge is 2.64. The van der Waals surface area contributed by atoms with Crippen molar-refractivity contribution in [2.75, 3.05) is 18.2 Å². The smallest absolute Gasteiger partial charge is 0.417 e. The quantitative estimate of drug-likeness (QED) is 0.782. The van der Waals surface area contributed by atoms with Crippen molar-refractivity contribution in [1.82, 2.24) is 4.90 Å². The summed E-state index contributed by atoms with van der Waals surface area (Å²) in [6.07, 6.45) is 0.859. The number of hydrogen-bond donors (Lipinski definition) is 1. The second kappa shape index (κ2) is 5.69. The molecular weight excluding hydrogens is 377 g/mol. The van der Waals surface area contributed by atoms with E-state index in [0.29, 0.717) is 0 Å². The Balaban J connectivity index is 1.85. The number of imide groups is 1. The predicted molar refractivity (Wildman–Crippen MR) is 94.8 cm³/mol. The zero-order valence-corrected chi connectivity index (χ0v) is 15.6. The average molecular weight is 393 g/mol. The van der Waals surface area contributed by atoms with Crippen LogP contribution in [0.3, 0.4) is 0 Å². The van der Waals surface area contributed by atoms with Crippen molar-refractivity contribution in [3.63, 3.8) is 0 Å². The molecule has 3 aliphatic rings. The van der Waals surface area contributed by atoms with Crippen LogP contribution in [0.25, 0.3) is 0 Å². The normalized spacial score (nSPS) is 27.9. The average Bonchev–Trinajstić information content (AvgIpc) is 3.23. The molecular formula is C17H16FN3O5S. The van der Waals surface area contributed by atoms with E-state index in [1.165, 1.54) is 18.2 Å². The standard InChI is InChI=1S/C17H16FN3O5S/c1-16(2)7-25-15(24)21(16)12(22)11-17(26-14(20-11)27-3)8-5-4-6-9(18)10(8)19-13(17)23/h4-6,11H,7H2,1-3H3,(H,19,23)/t11-,17-/m0/s1. The van der Waals surface area contributed by atoms with Gasteiger partial charge in [-0.1, -0.05) is 23.9 Å². The first kappa shape index (κ1) is 17.8. The molecule has 2 atom stereocenters. The molecule has 0 saturated carbocycles. The summed E-state index contributed by atoms with van der Waals surface area (Å²) in [5.41, 5.74) is -2.66. The van der Waals surface area contributed by atoms with Gasteiger partial charge in [0.15, 0.2) is 6.04 Å². The molecule has 1 saturated heterocycles. The van der Waals surface area contributed by atoms with Crippen LogP contribution in [0.2, 0.25) is 0 Å². The molecule has 1 aromatic carbocycles. The lowest BCUT2D eigenvalue weighted by atomic mass is 9.86. The fraction of sp³-hybridized carbons (Fsp3) is 0.412. The van der Waals surface area contributed by atoms with Gasteiger partial charge in [-0.25, -0.2) is 19.1 Å². The molecule has 3 amide bonds. The minimum absolute atomic E-state index is 0.0225. The summed E-state index contributed by atoms with van der Waals surface area (Å²) in [7, 11) is 0. The van der Waals surface area contributed by atoms with E-state index in [9.17, 15) is 18.8 Å². The number of cyclic esters (lactones) is 1. The van der Waals surface area contributed by atoms with E-state index in [1.807, 2.05) is 0 Å². The first-order valence-electron chi connectivity index (χ1n) is 8.14. The Hall–Kier alpha value is -2.62. The summed E-state index contributed by atoms with van der Waals surface area (Å²) >= 11 is 1.11. The van der Waals surface area contributed by atoms with Gasteiger partial charge < -0.3 is 14.8 Å². The molecule has 0 aliphatic carbocycles. The SMILES string of the molecule is CSC1=N[C@@H](C(=O)N2C(=O)OCC2(C)C)[C@]2(O1)C(=O)Nc1c(F)cccc12. The highest BCUT2D eigenvalue weighted by molar-refractivity contribution is 8.13. The highest BCUT2D eigenvalue weighted by atomic mass is 32.2. The van der Waals surface area contributed by atoms with Crippen molar-refractivity contribution >= 4 is 40.6 Å². The van der Waals surface area contributed by atoms with Gasteiger partial charge in [0.2, 0.25) is 10.8 Å². The third-order valence-corrected chi connectivity index (χ3v) is 5.36. The van der Waals surface area contributed by atoms with Crippen molar-refractivity contribution in [1.29, 1.82) is 0 Å². The Kier molecular flexibility index (Phi) is 3.74. The number of anilines is 1. The summed E-state index contributed by atoms with van der Waals surface area (Å²) in [6, 6.07) is 2.74. The van der Waals surface area contributed by atoms with E-state index in [1.54, 1.807) is 20.1 Å². The second-order valence-corrected chi connectivity index (χ2v) is 7.75. The summed E-state index contributed by atoms with van der Waals surface area (Å²) in [4.78, 5) is 43.5. The zero-order chi connectivity index (χ0) is 19.6. The summed E-state index contributed by atoms with van der Waals surface area (Å²) in [5, 5.41) is 2.54. The first-order chi connectivity index (χ1) is 12.7. The van der Waals surface area contributed by atoms with Crippen molar-refractivity contribution < 1.29 is 28.2 Å². The number of benzene rings is 1. The number of nitrogens with one attached hydrogen (secondary N) is 1. The molecule has 0 bridgehead atoms. The van der Waals surface area contributed by atoms with Crippen LogP contribution < -0.4 is 5.32 Å². The van der Waals surface area contributed by atoms with Crippen LogP contribution in [0.4, 0.5) is 14.9 Å². The van der Waals surface area contributed by atoms with Crippen molar-refractivity contribution in [3.05, 3.63) is 29.6 Å². The Morgan fingerprint density at radius 1 is 1.41 bits per heavy atom. The van der Waals surface area contributed by atoms with Crippen LogP contribution in [-0.2, 0) is 24.7 Å². The molecule has 1 spiro atoms. The van der Waals surface area contributed by atoms with Gasteiger partial charge in [0.05, 0.1) is 11.2 Å². The number of aliphatic imine (C=N–C) groups is 1. The fourth-order valence-electron chi connectivity index (χ4n) is 3.53. The molecule has 0 radical (unpaired) electrons. The number of halogens is 1. The molecule has 1 aromatic rings. The van der Waals surface area contributed by atoms with Crippen LogP contribution in [0.15, 0.2) is 23.2 Å². The lowest BCUT2D eigenvalue weighted by Crippen LogP contribution is -2.56. The van der Waals surface area contributed by atoms with Crippen LogP contribution in [-0.4, -0.2) is 52.5 Å². The number of carbonyl (C=O) groups is 3. The molecule has 1 N–H and O–H groups in total. The molecule has 0 unspecified atom stereocenters. The molecule has 4 rings (SSSR count). The monoisotopic (exact) mass is 393 g/mol. The largest absolute Gasteiger partial charge is 0.448 e. The number of nitrogens with zero attached hydrogens (tertiary/aromatic N) is 2. The van der Waals surface area contributed by atoms with E-state index < -0.39 is 40.9 Å². The molecule has 27 heavy (non-hydrogen) atoms. The van der Waals surface area contributed by atoms with Gasteiger partial charge in [-0.05, 0) is 26.2 Å². The molecule has 3 aliphatic heterocycles. The Morgan fingerprint density at radius 2 is 2.15 bits per heavy atom. The Labute approximate surface area is 158 Å². The summed E-state index contributed by atoms with van der Waals surface area (Å²) in [6.45, 7) is 3.36. The van der Waals surface area contributed by atoms with E-state index in [2.05, 4.69) is 10.3 Å². The van der Waals surface area contributed by atoms with E-state index in [-0.39, 0.29) is 23.1 Å². The first-order valence-corrected chi connectivity index (χ1v) is 9.37. The van der Waals surface area contributed by atoms with Gasteiger partial charge in [-0.3, -0.25) is 9.59 Å². The van der Waals surface area contributed by atoms with E-state index >= 15 is 0 Å². The van der Waals surface area contributed by atoms with Gasteiger partial charge in [0.1, 0.15) is 12.4 Å². The number of amides is 3. The number of hydrogen-bond acceptors (Lipinski definition) is 7. The minimum Gasteiger partial charge on any atom is -0.448 e. The summed E-state index contributed by atoms with van der Waals surface area (Å²) in [5.74, 6) is -2.09. The molecule has 0 aromatic heterocycles. The molecule has 8 nitrogen and oxygen atoms in total. The zero-order valence-electron chi connectivity index (χ0n) is 14.7. The number of ether oxygens (including phenoxy) is 2. The van der Waals surface area contributed by atoms with Gasteiger partial charge in [-0.2, -0.15) is 0 Å². The van der Waals surface area contributed by atoms with Crippen LogP contribution in [0.5, 0.6) is 0 Å². The predicted octanol–water partition coefficient (Wildman–Crippen LogP) is 1.85. The lowest BCUT2D eigenvalue weighted by Gasteiger charge is -2.32. The summed E-state index contributed by atoms with van der Waals surface area (Å²) < 4.78 is 25.0. The third kappa shape index (κ3) is 2.29. The Morgan fingerprint density at radius 3 is 2.78 bits per heavy atom. The number of thioether (sulfide) groups is 1. The lowest BCUT2D eigenvalue weighted by molar-refractivity contribution is -0.144. The number of fused-ring (bicyclic) bond motifs is 2. The highest BCUT2D eigenvalue weighted by Crippen LogP contribution is 2.48. The number of para-hydroxylation sites is 1. The van der Waals surface area contributed by atoms with Crippen LogP contribution in [0, 0.1) is 5.82 Å². The van der Waals surface area contributed by atoms with Gasteiger partial charge in [0, 0.05) is 5.56 Å². The van der Waals surface area contributed by atoms with E-state index in [4.69, 9.17) is 9.47 Å². The maximum absolute atomic E-state index is 14.2.